The SMILES string of the molecule is O=C(c1cc(C2CC2)on1)N1CCC(N(C2CC2)S(=O)(=O)c2cccc(C(F)(F)F)c2)CC1. The second kappa shape index (κ2) is 8.12. The number of alkyl halides is 3. The van der Waals surface area contributed by atoms with Crippen molar-refractivity contribution in [2.75, 3.05) is 13.1 Å². The van der Waals surface area contributed by atoms with Crippen molar-refractivity contribution in [2.24, 2.45) is 0 Å². The molecule has 3 aliphatic rings. The number of piperidine rings is 1. The lowest BCUT2D eigenvalue weighted by Gasteiger charge is -2.37. The second-order valence-electron chi connectivity index (χ2n) is 9.00. The van der Waals surface area contributed by atoms with Gasteiger partial charge in [-0.3, -0.25) is 4.79 Å². The molecule has 3 fully saturated rings. The highest BCUT2D eigenvalue weighted by atomic mass is 32.2. The van der Waals surface area contributed by atoms with Gasteiger partial charge in [-0.25, -0.2) is 8.42 Å². The number of rotatable bonds is 6. The molecule has 1 aromatic carbocycles. The number of amides is 1. The molecule has 7 nitrogen and oxygen atoms in total. The normalized spacial score (nSPS) is 20.4. The van der Waals surface area contributed by atoms with Crippen LogP contribution < -0.4 is 0 Å². The second-order valence-corrected chi connectivity index (χ2v) is 10.8. The van der Waals surface area contributed by atoms with Crippen LogP contribution in [0.4, 0.5) is 13.2 Å². The van der Waals surface area contributed by atoms with E-state index in [9.17, 15) is 26.4 Å². The van der Waals surface area contributed by atoms with E-state index in [1.807, 2.05) is 0 Å². The molecule has 2 saturated carbocycles. The van der Waals surface area contributed by atoms with Crippen molar-refractivity contribution < 1.29 is 30.9 Å². The Hall–Kier alpha value is -2.40. The number of aromatic nitrogens is 1. The van der Waals surface area contributed by atoms with Crippen molar-refractivity contribution in [3.05, 3.63) is 47.3 Å². The summed E-state index contributed by atoms with van der Waals surface area (Å²) in [5, 5.41) is 3.89. The van der Waals surface area contributed by atoms with E-state index in [-0.39, 0.29) is 28.6 Å². The number of hydrogen-bond acceptors (Lipinski definition) is 5. The Morgan fingerprint density at radius 1 is 1.03 bits per heavy atom. The molecule has 0 atom stereocenters. The predicted molar refractivity (Wildman–Crippen MR) is 111 cm³/mol. The van der Waals surface area contributed by atoms with Gasteiger partial charge in [-0.2, -0.15) is 17.5 Å². The lowest BCUT2D eigenvalue weighted by molar-refractivity contribution is -0.137. The van der Waals surface area contributed by atoms with Crippen LogP contribution in [0.1, 0.15) is 66.3 Å². The van der Waals surface area contributed by atoms with Gasteiger partial charge in [0, 0.05) is 37.2 Å². The highest BCUT2D eigenvalue weighted by molar-refractivity contribution is 7.89. The maximum Gasteiger partial charge on any atom is 0.416 e. The summed E-state index contributed by atoms with van der Waals surface area (Å²) in [5.74, 6) is 0.820. The summed E-state index contributed by atoms with van der Waals surface area (Å²) in [6, 6.07) is 4.99. The average Bonchev–Trinajstić information content (AvgIpc) is 3.73. The fourth-order valence-electron chi connectivity index (χ4n) is 4.41. The van der Waals surface area contributed by atoms with Gasteiger partial charge in [-0.15, -0.1) is 0 Å². The van der Waals surface area contributed by atoms with E-state index < -0.39 is 21.8 Å². The molecule has 2 heterocycles. The van der Waals surface area contributed by atoms with Crippen LogP contribution in [-0.2, 0) is 16.2 Å². The zero-order valence-electron chi connectivity index (χ0n) is 17.8. The summed E-state index contributed by atoms with van der Waals surface area (Å²) < 4.78 is 72.8. The molecule has 0 unspecified atom stereocenters. The Kier molecular flexibility index (Phi) is 5.51. The third-order valence-corrected chi connectivity index (χ3v) is 8.48. The van der Waals surface area contributed by atoms with E-state index in [1.54, 1.807) is 11.0 Å². The third kappa shape index (κ3) is 4.52. The number of sulfonamides is 1. The Balaban J connectivity index is 1.30. The molecule has 0 spiro atoms. The van der Waals surface area contributed by atoms with Crippen LogP contribution in [-0.4, -0.2) is 53.9 Å². The lowest BCUT2D eigenvalue weighted by atomic mass is 10.0. The molecule has 1 amide bonds. The third-order valence-electron chi connectivity index (χ3n) is 6.48. The van der Waals surface area contributed by atoms with Gasteiger partial charge in [0.05, 0.1) is 10.5 Å². The Morgan fingerprint density at radius 3 is 2.30 bits per heavy atom. The minimum Gasteiger partial charge on any atom is -0.360 e. The van der Waals surface area contributed by atoms with E-state index in [1.165, 1.54) is 10.4 Å². The van der Waals surface area contributed by atoms with Crippen LogP contribution in [0.15, 0.2) is 39.8 Å². The van der Waals surface area contributed by atoms with Crippen LogP contribution in [0.5, 0.6) is 0 Å². The number of carbonyl (C=O) groups is 1. The Labute approximate surface area is 189 Å². The number of benzene rings is 1. The van der Waals surface area contributed by atoms with E-state index in [2.05, 4.69) is 5.16 Å². The monoisotopic (exact) mass is 483 g/mol. The van der Waals surface area contributed by atoms with Gasteiger partial charge in [0.25, 0.3) is 5.91 Å². The minimum atomic E-state index is -4.62. The maximum atomic E-state index is 13.4. The summed E-state index contributed by atoms with van der Waals surface area (Å²) in [7, 11) is -4.11. The highest BCUT2D eigenvalue weighted by Crippen LogP contribution is 2.41. The Morgan fingerprint density at radius 2 is 1.70 bits per heavy atom. The van der Waals surface area contributed by atoms with E-state index in [4.69, 9.17) is 4.52 Å². The van der Waals surface area contributed by atoms with Gasteiger partial charge in [-0.05, 0) is 56.7 Å². The van der Waals surface area contributed by atoms with Gasteiger partial charge in [-0.1, -0.05) is 11.2 Å². The van der Waals surface area contributed by atoms with Crippen molar-refractivity contribution in [2.45, 2.75) is 67.6 Å². The molecule has 0 bridgehead atoms. The molecule has 2 aliphatic carbocycles. The predicted octanol–water partition coefficient (Wildman–Crippen LogP) is 4.03. The van der Waals surface area contributed by atoms with Gasteiger partial charge < -0.3 is 9.42 Å². The molecule has 1 saturated heterocycles. The minimum absolute atomic E-state index is 0.214. The van der Waals surface area contributed by atoms with E-state index in [0.29, 0.717) is 50.8 Å². The summed E-state index contributed by atoms with van der Waals surface area (Å²) in [6.07, 6.45) is -0.374. The number of carbonyl (C=O) groups excluding carboxylic acids is 1. The molecule has 33 heavy (non-hydrogen) atoms. The van der Waals surface area contributed by atoms with Gasteiger partial charge in [0.1, 0.15) is 5.76 Å². The lowest BCUT2D eigenvalue weighted by Crippen LogP contribution is -2.49. The largest absolute Gasteiger partial charge is 0.416 e. The fourth-order valence-corrected chi connectivity index (χ4v) is 6.39. The molecule has 5 rings (SSSR count). The van der Waals surface area contributed by atoms with Crippen LogP contribution >= 0.6 is 0 Å². The highest BCUT2D eigenvalue weighted by Gasteiger charge is 2.44. The van der Waals surface area contributed by atoms with Crippen LogP contribution in [0.2, 0.25) is 0 Å². The standard InChI is InChI=1S/C22H24F3N3O4S/c23-22(24,25)15-2-1-3-18(12-15)33(30,31)28(16-6-7-16)17-8-10-27(11-9-17)21(29)19-13-20(32-26-19)14-4-5-14/h1-3,12-14,16-17H,4-11H2. The summed E-state index contributed by atoms with van der Waals surface area (Å²) in [4.78, 5) is 14.1. The summed E-state index contributed by atoms with van der Waals surface area (Å²) in [5.41, 5.74) is -0.732. The number of hydrogen-bond donors (Lipinski definition) is 0. The number of nitrogens with zero attached hydrogens (tertiary/aromatic N) is 3. The van der Waals surface area contributed by atoms with Gasteiger partial charge in [0.15, 0.2) is 5.69 Å². The van der Waals surface area contributed by atoms with Gasteiger partial charge in [0.2, 0.25) is 10.0 Å². The molecule has 1 aromatic heterocycles. The zero-order valence-corrected chi connectivity index (χ0v) is 18.6. The van der Waals surface area contributed by atoms with Crippen LogP contribution in [0.25, 0.3) is 0 Å². The van der Waals surface area contributed by atoms with Crippen molar-refractivity contribution in [3.63, 3.8) is 0 Å². The molecule has 0 radical (unpaired) electrons. The smallest absolute Gasteiger partial charge is 0.360 e. The quantitative estimate of drug-likeness (QED) is 0.620. The van der Waals surface area contributed by atoms with Crippen molar-refractivity contribution in [1.82, 2.24) is 14.4 Å². The topological polar surface area (TPSA) is 83.7 Å². The summed E-state index contributed by atoms with van der Waals surface area (Å²) in [6.45, 7) is 0.687. The first-order valence-corrected chi connectivity index (χ1v) is 12.6. The zero-order chi connectivity index (χ0) is 23.4. The number of halogens is 3. The molecular weight excluding hydrogens is 459 g/mol. The molecule has 178 valence electrons. The fraction of sp³-hybridized carbons (Fsp3) is 0.545. The molecule has 11 heteroatoms. The Bertz CT molecular complexity index is 1150. The van der Waals surface area contributed by atoms with Crippen LogP contribution in [0.3, 0.4) is 0 Å². The molecule has 0 N–H and O–H groups in total. The first kappa shape index (κ1) is 22.4. The first-order valence-electron chi connectivity index (χ1n) is 11.1. The van der Waals surface area contributed by atoms with E-state index in [0.717, 1.165) is 30.7 Å². The molecule has 2 aromatic rings. The van der Waals surface area contributed by atoms with Crippen molar-refractivity contribution >= 4 is 15.9 Å². The number of likely N-dealkylation sites (tertiary alicyclic amines) is 1. The average molecular weight is 484 g/mol. The summed E-state index contributed by atoms with van der Waals surface area (Å²) >= 11 is 0. The maximum absolute atomic E-state index is 13.4. The van der Waals surface area contributed by atoms with E-state index >= 15 is 0 Å². The first-order chi connectivity index (χ1) is 15.6. The van der Waals surface area contributed by atoms with Gasteiger partial charge >= 0.3 is 6.18 Å². The van der Waals surface area contributed by atoms with Crippen molar-refractivity contribution in [3.8, 4) is 0 Å². The molecule has 1 aliphatic heterocycles. The molecular formula is C22H24F3N3O4S. The van der Waals surface area contributed by atoms with Crippen LogP contribution in [0, 0.1) is 0 Å². The van der Waals surface area contributed by atoms with Crippen molar-refractivity contribution in [1.29, 1.82) is 0 Å².